The molecule has 0 saturated heterocycles. The van der Waals surface area contributed by atoms with Crippen molar-refractivity contribution in [3.8, 4) is 0 Å². The molecule has 0 aliphatic carbocycles. The van der Waals surface area contributed by atoms with Crippen LogP contribution in [-0.2, 0) is 17.9 Å². The molecule has 0 aliphatic rings. The second-order valence-corrected chi connectivity index (χ2v) is 4.90. The molecule has 0 aliphatic heterocycles. The van der Waals surface area contributed by atoms with Crippen LogP contribution in [0.2, 0.25) is 0 Å². The fourth-order valence-corrected chi connectivity index (χ4v) is 2.21. The zero-order chi connectivity index (χ0) is 11.8. The predicted molar refractivity (Wildman–Crippen MR) is 71.8 cm³/mol. The smallest absolute Gasteiger partial charge is 0.0713 e. The Bertz CT molecular complexity index is 304. The highest BCUT2D eigenvalue weighted by Crippen LogP contribution is 2.07. The van der Waals surface area contributed by atoms with E-state index >= 15 is 0 Å². The van der Waals surface area contributed by atoms with Gasteiger partial charge in [-0.05, 0) is 24.3 Å². The van der Waals surface area contributed by atoms with E-state index in [1.807, 2.05) is 11.8 Å². The standard InChI is InChI=1S/C13H21NOS/c1-11(10-16-3)14-8-12-5-4-6-13(7-12)9-15-2/h4-7,11,14H,8-10H2,1-3H3. The number of rotatable bonds is 7. The van der Waals surface area contributed by atoms with Crippen molar-refractivity contribution in [2.75, 3.05) is 19.1 Å². The first-order valence-corrected chi connectivity index (χ1v) is 6.94. The van der Waals surface area contributed by atoms with Gasteiger partial charge in [-0.2, -0.15) is 11.8 Å². The van der Waals surface area contributed by atoms with Crippen LogP contribution in [0, 0.1) is 0 Å². The molecule has 0 bridgehead atoms. The summed E-state index contributed by atoms with van der Waals surface area (Å²) in [7, 11) is 1.73. The van der Waals surface area contributed by atoms with Gasteiger partial charge in [0.1, 0.15) is 0 Å². The first-order valence-electron chi connectivity index (χ1n) is 5.55. The van der Waals surface area contributed by atoms with Crippen molar-refractivity contribution in [1.82, 2.24) is 5.32 Å². The molecule has 1 unspecified atom stereocenters. The summed E-state index contributed by atoms with van der Waals surface area (Å²) in [4.78, 5) is 0. The fourth-order valence-electron chi connectivity index (χ4n) is 1.60. The van der Waals surface area contributed by atoms with Gasteiger partial charge in [0.25, 0.3) is 0 Å². The maximum Gasteiger partial charge on any atom is 0.0713 e. The summed E-state index contributed by atoms with van der Waals surface area (Å²) in [5.74, 6) is 1.15. The Morgan fingerprint density at radius 2 is 2.12 bits per heavy atom. The first kappa shape index (κ1) is 13.6. The molecule has 0 amide bonds. The van der Waals surface area contributed by atoms with Crippen LogP contribution in [0.15, 0.2) is 24.3 Å². The van der Waals surface area contributed by atoms with Gasteiger partial charge >= 0.3 is 0 Å². The Morgan fingerprint density at radius 3 is 2.81 bits per heavy atom. The fraction of sp³-hybridized carbons (Fsp3) is 0.538. The van der Waals surface area contributed by atoms with Gasteiger partial charge in [0.2, 0.25) is 0 Å². The van der Waals surface area contributed by atoms with E-state index in [0.717, 1.165) is 12.3 Å². The highest BCUT2D eigenvalue weighted by atomic mass is 32.2. The summed E-state index contributed by atoms with van der Waals surface area (Å²) in [6.45, 7) is 3.84. The minimum absolute atomic E-state index is 0.557. The van der Waals surface area contributed by atoms with E-state index in [2.05, 4.69) is 42.8 Å². The van der Waals surface area contributed by atoms with Crippen molar-refractivity contribution < 1.29 is 4.74 Å². The van der Waals surface area contributed by atoms with E-state index in [4.69, 9.17) is 4.74 Å². The van der Waals surface area contributed by atoms with Gasteiger partial charge in [0.05, 0.1) is 6.61 Å². The van der Waals surface area contributed by atoms with E-state index in [0.29, 0.717) is 12.6 Å². The molecule has 16 heavy (non-hydrogen) atoms. The third-order valence-electron chi connectivity index (χ3n) is 2.37. The Hall–Kier alpha value is -0.510. The monoisotopic (exact) mass is 239 g/mol. The maximum absolute atomic E-state index is 5.12. The lowest BCUT2D eigenvalue weighted by molar-refractivity contribution is 0.185. The number of methoxy groups -OCH3 is 1. The molecule has 2 nitrogen and oxygen atoms in total. The Morgan fingerprint density at radius 1 is 1.38 bits per heavy atom. The van der Waals surface area contributed by atoms with Crippen molar-refractivity contribution >= 4 is 11.8 Å². The third-order valence-corrected chi connectivity index (χ3v) is 3.21. The van der Waals surface area contributed by atoms with Gasteiger partial charge in [-0.15, -0.1) is 0 Å². The summed E-state index contributed by atoms with van der Waals surface area (Å²) >= 11 is 1.87. The van der Waals surface area contributed by atoms with Gasteiger partial charge < -0.3 is 10.1 Å². The van der Waals surface area contributed by atoms with Gasteiger partial charge in [-0.1, -0.05) is 24.3 Å². The highest BCUT2D eigenvalue weighted by Gasteiger charge is 2.00. The van der Waals surface area contributed by atoms with E-state index in [1.165, 1.54) is 11.1 Å². The van der Waals surface area contributed by atoms with Gasteiger partial charge in [0.15, 0.2) is 0 Å². The number of benzene rings is 1. The second-order valence-electron chi connectivity index (χ2n) is 3.99. The van der Waals surface area contributed by atoms with Gasteiger partial charge in [0, 0.05) is 25.4 Å². The average Bonchev–Trinajstić information content (AvgIpc) is 2.28. The molecule has 1 N–H and O–H groups in total. The lowest BCUT2D eigenvalue weighted by atomic mass is 10.1. The van der Waals surface area contributed by atoms with Gasteiger partial charge in [-0.3, -0.25) is 0 Å². The number of ether oxygens (including phenoxy) is 1. The summed E-state index contributed by atoms with van der Waals surface area (Å²) < 4.78 is 5.12. The molecule has 1 aromatic rings. The van der Waals surface area contributed by atoms with Crippen molar-refractivity contribution in [2.45, 2.75) is 26.1 Å². The van der Waals surface area contributed by atoms with Crippen LogP contribution in [0.4, 0.5) is 0 Å². The first-order chi connectivity index (χ1) is 7.76. The Kier molecular flexibility index (Phi) is 6.53. The summed E-state index contributed by atoms with van der Waals surface area (Å²) in [6.07, 6.45) is 2.14. The lowest BCUT2D eigenvalue weighted by Gasteiger charge is -2.12. The predicted octanol–water partition coefficient (Wildman–Crippen LogP) is 2.67. The van der Waals surface area contributed by atoms with E-state index < -0.39 is 0 Å². The van der Waals surface area contributed by atoms with E-state index in [-0.39, 0.29) is 0 Å². The zero-order valence-corrected chi connectivity index (χ0v) is 11.1. The van der Waals surface area contributed by atoms with Crippen molar-refractivity contribution in [2.24, 2.45) is 0 Å². The Labute approximate surface area is 103 Å². The number of hydrogen-bond acceptors (Lipinski definition) is 3. The molecule has 0 heterocycles. The number of hydrogen-bond donors (Lipinski definition) is 1. The van der Waals surface area contributed by atoms with Crippen LogP contribution in [0.5, 0.6) is 0 Å². The number of nitrogens with one attached hydrogen (secondary N) is 1. The van der Waals surface area contributed by atoms with E-state index in [1.54, 1.807) is 7.11 Å². The molecule has 0 saturated carbocycles. The summed E-state index contributed by atoms with van der Waals surface area (Å²) in [5, 5.41) is 3.51. The average molecular weight is 239 g/mol. The van der Waals surface area contributed by atoms with Crippen LogP contribution in [0.25, 0.3) is 0 Å². The van der Waals surface area contributed by atoms with Gasteiger partial charge in [-0.25, -0.2) is 0 Å². The van der Waals surface area contributed by atoms with Crippen molar-refractivity contribution in [1.29, 1.82) is 0 Å². The molecule has 1 rings (SSSR count). The highest BCUT2D eigenvalue weighted by molar-refractivity contribution is 7.98. The summed E-state index contributed by atoms with van der Waals surface area (Å²) in [6, 6.07) is 9.09. The topological polar surface area (TPSA) is 21.3 Å². The SMILES string of the molecule is COCc1cccc(CNC(C)CSC)c1. The molecular formula is C13H21NOS. The molecule has 0 aromatic heterocycles. The molecule has 90 valence electrons. The maximum atomic E-state index is 5.12. The molecule has 0 spiro atoms. The normalized spacial score (nSPS) is 12.7. The van der Waals surface area contributed by atoms with Crippen LogP contribution in [-0.4, -0.2) is 25.2 Å². The molecule has 1 atom stereocenters. The summed E-state index contributed by atoms with van der Waals surface area (Å²) in [5.41, 5.74) is 2.56. The minimum Gasteiger partial charge on any atom is -0.380 e. The second kappa shape index (κ2) is 7.71. The number of thioether (sulfide) groups is 1. The quantitative estimate of drug-likeness (QED) is 0.790. The zero-order valence-electron chi connectivity index (χ0n) is 10.3. The molecule has 0 radical (unpaired) electrons. The largest absolute Gasteiger partial charge is 0.380 e. The van der Waals surface area contributed by atoms with Crippen LogP contribution in [0.3, 0.4) is 0 Å². The van der Waals surface area contributed by atoms with Crippen LogP contribution >= 0.6 is 11.8 Å². The minimum atomic E-state index is 0.557. The molecule has 3 heteroatoms. The van der Waals surface area contributed by atoms with E-state index in [9.17, 15) is 0 Å². The van der Waals surface area contributed by atoms with Crippen molar-refractivity contribution in [3.05, 3.63) is 35.4 Å². The third kappa shape index (κ3) is 5.01. The molecular weight excluding hydrogens is 218 g/mol. The van der Waals surface area contributed by atoms with Crippen LogP contribution in [0.1, 0.15) is 18.1 Å². The molecule has 1 aromatic carbocycles. The van der Waals surface area contributed by atoms with Crippen LogP contribution < -0.4 is 5.32 Å². The lowest BCUT2D eigenvalue weighted by Crippen LogP contribution is -2.27. The van der Waals surface area contributed by atoms with Crippen molar-refractivity contribution in [3.63, 3.8) is 0 Å². The Balaban J connectivity index is 2.44. The molecule has 0 fully saturated rings.